The van der Waals surface area contributed by atoms with E-state index < -0.39 is 17.7 Å². The summed E-state index contributed by atoms with van der Waals surface area (Å²) in [5.74, 6) is 0.299. The molecule has 0 saturated carbocycles. The summed E-state index contributed by atoms with van der Waals surface area (Å²) < 4.78 is 5.60. The molecule has 3 amide bonds. The lowest BCUT2D eigenvalue weighted by atomic mass is 9.98. The maximum atomic E-state index is 13.7. The van der Waals surface area contributed by atoms with Gasteiger partial charge < -0.3 is 19.9 Å². The van der Waals surface area contributed by atoms with Crippen LogP contribution in [-0.2, 0) is 20.7 Å². The Labute approximate surface area is 200 Å². The van der Waals surface area contributed by atoms with Crippen molar-refractivity contribution in [2.75, 3.05) is 18.4 Å². The van der Waals surface area contributed by atoms with Crippen LogP contribution in [0.15, 0.2) is 42.9 Å². The lowest BCUT2D eigenvalue weighted by Crippen LogP contribution is -2.62. The van der Waals surface area contributed by atoms with Crippen molar-refractivity contribution in [1.29, 1.82) is 0 Å². The molecule has 1 aliphatic heterocycles. The second-order valence-corrected chi connectivity index (χ2v) is 9.53. The summed E-state index contributed by atoms with van der Waals surface area (Å²) in [4.78, 5) is 49.1. The molecule has 2 aromatic rings. The zero-order valence-corrected chi connectivity index (χ0v) is 20.4. The van der Waals surface area contributed by atoms with Crippen LogP contribution < -0.4 is 5.32 Å². The Kier molecular flexibility index (Phi) is 8.31. The Morgan fingerprint density at radius 2 is 1.97 bits per heavy atom. The largest absolute Gasteiger partial charge is 0.444 e. The lowest BCUT2D eigenvalue weighted by molar-refractivity contribution is -0.144. The summed E-state index contributed by atoms with van der Waals surface area (Å²) in [6, 6.07) is 8.92. The second-order valence-electron chi connectivity index (χ2n) is 9.53. The highest BCUT2D eigenvalue weighted by molar-refractivity contribution is 5.90. The summed E-state index contributed by atoms with van der Waals surface area (Å²) in [7, 11) is 0. The van der Waals surface area contributed by atoms with Gasteiger partial charge in [0.1, 0.15) is 17.5 Å². The zero-order valence-electron chi connectivity index (χ0n) is 20.4. The van der Waals surface area contributed by atoms with Gasteiger partial charge in [-0.15, -0.1) is 0 Å². The minimum Gasteiger partial charge on any atom is -0.444 e. The maximum absolute atomic E-state index is 13.7. The number of carbonyl (C=O) groups excluding carboxylic acids is 3. The predicted octanol–water partition coefficient (Wildman–Crippen LogP) is 3.60. The maximum Gasteiger partial charge on any atom is 0.411 e. The molecule has 2 atom stereocenters. The van der Waals surface area contributed by atoms with Crippen LogP contribution in [0.2, 0.25) is 0 Å². The van der Waals surface area contributed by atoms with Gasteiger partial charge in [-0.2, -0.15) is 0 Å². The molecule has 2 N–H and O–H groups in total. The first-order valence-corrected chi connectivity index (χ1v) is 11.8. The van der Waals surface area contributed by atoms with Gasteiger partial charge in [0.2, 0.25) is 11.8 Å². The fourth-order valence-corrected chi connectivity index (χ4v) is 4.16. The van der Waals surface area contributed by atoms with Gasteiger partial charge in [0.05, 0.1) is 12.5 Å². The fourth-order valence-electron chi connectivity index (χ4n) is 4.16. The summed E-state index contributed by atoms with van der Waals surface area (Å²) in [5, 5.41) is 2.77. The Balaban J connectivity index is 1.72. The molecule has 1 fully saturated rings. The van der Waals surface area contributed by atoms with Crippen LogP contribution in [0.4, 0.5) is 10.6 Å². The van der Waals surface area contributed by atoms with E-state index in [4.69, 9.17) is 4.74 Å². The lowest BCUT2D eigenvalue weighted by Gasteiger charge is -2.44. The highest BCUT2D eigenvalue weighted by Crippen LogP contribution is 2.24. The third kappa shape index (κ3) is 6.82. The van der Waals surface area contributed by atoms with Crippen molar-refractivity contribution in [2.45, 2.75) is 71.1 Å². The normalized spacial score (nSPS) is 17.4. The van der Waals surface area contributed by atoms with E-state index in [2.05, 4.69) is 15.3 Å². The van der Waals surface area contributed by atoms with Crippen LogP contribution in [0.3, 0.4) is 0 Å². The van der Waals surface area contributed by atoms with Gasteiger partial charge in [-0.3, -0.25) is 14.5 Å². The first kappa shape index (κ1) is 25.3. The number of imidazole rings is 1. The third-order valence-corrected chi connectivity index (χ3v) is 5.82. The Hall–Kier alpha value is -3.36. The standard InChI is InChI=1S/C25H35N5O4/c1-5-19(11-12-22(31)28-21-16-26-17-27-21)29-13-14-30(24(33)34-25(2,3)4)20(23(29)32)15-18-9-7-6-8-10-18/h6-10,16-17,19-20H,5,11-15H2,1-4H3,(H,26,27)(H,28,31)/t19?,20-/m1/s1. The second kappa shape index (κ2) is 11.2. The number of amides is 3. The van der Waals surface area contributed by atoms with Crippen molar-refractivity contribution in [1.82, 2.24) is 19.8 Å². The van der Waals surface area contributed by atoms with Gasteiger partial charge in [0, 0.05) is 32.0 Å². The Bertz CT molecular complexity index is 955. The Morgan fingerprint density at radius 3 is 2.59 bits per heavy atom. The van der Waals surface area contributed by atoms with Crippen LogP contribution in [0.5, 0.6) is 0 Å². The van der Waals surface area contributed by atoms with Crippen LogP contribution >= 0.6 is 0 Å². The van der Waals surface area contributed by atoms with E-state index in [1.54, 1.807) is 11.1 Å². The van der Waals surface area contributed by atoms with Crippen molar-refractivity contribution in [3.63, 3.8) is 0 Å². The highest BCUT2D eigenvalue weighted by Gasteiger charge is 2.41. The van der Waals surface area contributed by atoms with E-state index >= 15 is 0 Å². The quantitative estimate of drug-likeness (QED) is 0.614. The molecule has 34 heavy (non-hydrogen) atoms. The molecule has 1 saturated heterocycles. The van der Waals surface area contributed by atoms with E-state index in [1.165, 1.54) is 6.33 Å². The van der Waals surface area contributed by atoms with Crippen molar-refractivity contribution < 1.29 is 19.1 Å². The number of H-pyrrole nitrogens is 1. The molecule has 1 aliphatic rings. The number of aromatic nitrogens is 2. The predicted molar refractivity (Wildman–Crippen MR) is 129 cm³/mol. The third-order valence-electron chi connectivity index (χ3n) is 5.82. The molecular formula is C25H35N5O4. The average molecular weight is 470 g/mol. The van der Waals surface area contributed by atoms with Crippen LogP contribution in [0, 0.1) is 0 Å². The number of ether oxygens (including phenoxy) is 1. The summed E-state index contributed by atoms with van der Waals surface area (Å²) in [6.45, 7) is 8.25. The van der Waals surface area contributed by atoms with Gasteiger partial charge >= 0.3 is 6.09 Å². The monoisotopic (exact) mass is 469 g/mol. The number of piperazine rings is 1. The average Bonchev–Trinajstić information content (AvgIpc) is 3.29. The number of carbonyl (C=O) groups is 3. The number of hydrogen-bond acceptors (Lipinski definition) is 5. The number of nitrogens with one attached hydrogen (secondary N) is 2. The number of rotatable bonds is 8. The molecule has 9 heteroatoms. The number of nitrogens with zero attached hydrogens (tertiary/aromatic N) is 3. The topological polar surface area (TPSA) is 108 Å². The molecule has 184 valence electrons. The van der Waals surface area contributed by atoms with Crippen molar-refractivity contribution in [2.24, 2.45) is 0 Å². The fraction of sp³-hybridized carbons (Fsp3) is 0.520. The molecule has 1 aromatic heterocycles. The molecule has 0 bridgehead atoms. The zero-order chi connectivity index (χ0) is 24.7. The molecular weight excluding hydrogens is 434 g/mol. The van der Waals surface area contributed by atoms with Gasteiger partial charge in [0.25, 0.3) is 0 Å². The summed E-state index contributed by atoms with van der Waals surface area (Å²) >= 11 is 0. The summed E-state index contributed by atoms with van der Waals surface area (Å²) in [6.07, 6.45) is 4.50. The minimum absolute atomic E-state index is 0.0981. The van der Waals surface area contributed by atoms with Gasteiger partial charge in [0.15, 0.2) is 0 Å². The van der Waals surface area contributed by atoms with E-state index in [9.17, 15) is 14.4 Å². The van der Waals surface area contributed by atoms with Gasteiger partial charge in [-0.25, -0.2) is 9.78 Å². The van der Waals surface area contributed by atoms with Gasteiger partial charge in [-0.05, 0) is 39.2 Å². The van der Waals surface area contributed by atoms with E-state index in [-0.39, 0.29) is 24.3 Å². The highest BCUT2D eigenvalue weighted by atomic mass is 16.6. The van der Waals surface area contributed by atoms with Crippen LogP contribution in [0.1, 0.15) is 52.5 Å². The molecule has 0 radical (unpaired) electrons. The number of benzene rings is 1. The smallest absolute Gasteiger partial charge is 0.411 e. The van der Waals surface area contributed by atoms with Crippen LogP contribution in [-0.4, -0.2) is 68.4 Å². The minimum atomic E-state index is -0.654. The van der Waals surface area contributed by atoms with Crippen LogP contribution in [0.25, 0.3) is 0 Å². The van der Waals surface area contributed by atoms with Gasteiger partial charge in [-0.1, -0.05) is 37.3 Å². The molecule has 3 rings (SSSR count). The molecule has 1 aromatic carbocycles. The van der Waals surface area contributed by atoms with Crippen molar-refractivity contribution in [3.8, 4) is 0 Å². The van der Waals surface area contributed by atoms with Crippen molar-refractivity contribution in [3.05, 3.63) is 48.4 Å². The molecule has 2 heterocycles. The van der Waals surface area contributed by atoms with Crippen molar-refractivity contribution >= 4 is 23.7 Å². The van der Waals surface area contributed by atoms with E-state index in [0.717, 1.165) is 5.56 Å². The SMILES string of the molecule is CCC(CCC(=O)Nc1cnc[nH]1)N1CCN(C(=O)OC(C)(C)C)[C@H](Cc2ccccc2)C1=O. The molecule has 0 spiro atoms. The van der Waals surface area contributed by atoms with E-state index in [0.29, 0.717) is 38.2 Å². The first-order valence-electron chi connectivity index (χ1n) is 11.8. The number of hydrogen-bond donors (Lipinski definition) is 2. The number of anilines is 1. The Morgan fingerprint density at radius 1 is 1.24 bits per heavy atom. The summed E-state index contributed by atoms with van der Waals surface area (Å²) in [5.41, 5.74) is 0.325. The van der Waals surface area contributed by atoms with E-state index in [1.807, 2.05) is 62.9 Å². The molecule has 1 unspecified atom stereocenters. The first-order chi connectivity index (χ1) is 16.2. The molecule has 0 aliphatic carbocycles. The molecule has 9 nitrogen and oxygen atoms in total. The number of aromatic amines is 1.